The van der Waals surface area contributed by atoms with Crippen LogP contribution in [0.1, 0.15) is 50.7 Å². The number of nitrogens with one attached hydrogen (secondary N) is 2. The van der Waals surface area contributed by atoms with Crippen molar-refractivity contribution in [3.05, 3.63) is 88.0 Å². The molecule has 1 aliphatic heterocycles. The van der Waals surface area contributed by atoms with Crippen molar-refractivity contribution in [2.45, 2.75) is 46.5 Å². The average molecular weight is 419 g/mol. The zero-order chi connectivity index (χ0) is 22.3. The second-order valence-corrected chi connectivity index (χ2v) is 9.22. The molecular formula is C26H27FN2O2. The Labute approximate surface area is 182 Å². The molecule has 4 rings (SSSR count). The summed E-state index contributed by atoms with van der Waals surface area (Å²) in [6.45, 7) is 7.83. The maximum absolute atomic E-state index is 15.0. The molecule has 2 aromatic carbocycles. The molecule has 1 atom stereocenters. The molecule has 0 fully saturated rings. The van der Waals surface area contributed by atoms with Gasteiger partial charge in [0, 0.05) is 46.1 Å². The van der Waals surface area contributed by atoms with Crippen LogP contribution in [-0.2, 0) is 9.59 Å². The van der Waals surface area contributed by atoms with Crippen LogP contribution in [0.3, 0.4) is 0 Å². The van der Waals surface area contributed by atoms with E-state index in [-0.39, 0.29) is 17.1 Å². The van der Waals surface area contributed by atoms with Gasteiger partial charge in [0.15, 0.2) is 5.78 Å². The third-order valence-electron chi connectivity index (χ3n) is 6.09. The zero-order valence-electron chi connectivity index (χ0n) is 18.3. The maximum atomic E-state index is 15.0. The van der Waals surface area contributed by atoms with Gasteiger partial charge < -0.3 is 10.6 Å². The molecule has 0 saturated heterocycles. The molecule has 1 heterocycles. The van der Waals surface area contributed by atoms with Crippen LogP contribution >= 0.6 is 0 Å². The fourth-order valence-corrected chi connectivity index (χ4v) is 4.66. The Kier molecular flexibility index (Phi) is 5.29. The lowest BCUT2D eigenvalue weighted by atomic mass is 9.68. The molecule has 0 aromatic heterocycles. The summed E-state index contributed by atoms with van der Waals surface area (Å²) in [6.07, 6.45) is 1.03. The van der Waals surface area contributed by atoms with Crippen LogP contribution in [0, 0.1) is 18.2 Å². The highest BCUT2D eigenvalue weighted by Gasteiger charge is 2.43. The molecule has 2 N–H and O–H groups in total. The van der Waals surface area contributed by atoms with Gasteiger partial charge in [-0.3, -0.25) is 9.59 Å². The van der Waals surface area contributed by atoms with Crippen molar-refractivity contribution >= 4 is 17.4 Å². The van der Waals surface area contributed by atoms with Gasteiger partial charge in [-0.1, -0.05) is 50.2 Å². The Morgan fingerprint density at radius 1 is 1.06 bits per heavy atom. The highest BCUT2D eigenvalue weighted by molar-refractivity contribution is 6.10. The number of aryl methyl sites for hydroxylation is 1. The van der Waals surface area contributed by atoms with Gasteiger partial charge in [-0.05, 0) is 43.4 Å². The minimum absolute atomic E-state index is 0.0410. The Hall–Kier alpha value is -3.21. The first-order chi connectivity index (χ1) is 14.7. The fourth-order valence-electron chi connectivity index (χ4n) is 4.66. The maximum Gasteiger partial charge on any atom is 0.254 e. The highest BCUT2D eigenvalue weighted by Crippen LogP contribution is 2.47. The molecule has 0 radical (unpaired) electrons. The standard InChI is InChI=1S/C26H27FN2O2/c1-15-9-5-8-12-19(15)29-25(31)22-16(2)28-20-13-26(3,4)14-21(30)24(20)23(22)17-10-6-7-11-18(17)27/h5-12,23,28H,13-14H2,1-4H3,(H,29,31)/t23-/m0/s1. The number of carbonyl (C=O) groups excluding carboxylic acids is 2. The van der Waals surface area contributed by atoms with E-state index in [1.54, 1.807) is 18.2 Å². The minimum Gasteiger partial charge on any atom is -0.362 e. The quantitative estimate of drug-likeness (QED) is 0.704. The van der Waals surface area contributed by atoms with E-state index in [9.17, 15) is 14.0 Å². The number of hydrogen-bond acceptors (Lipinski definition) is 3. The van der Waals surface area contributed by atoms with Crippen molar-refractivity contribution in [3.63, 3.8) is 0 Å². The van der Waals surface area contributed by atoms with Crippen LogP contribution in [0.5, 0.6) is 0 Å². The van der Waals surface area contributed by atoms with Crippen LogP contribution < -0.4 is 10.6 Å². The summed E-state index contributed by atoms with van der Waals surface area (Å²) < 4.78 is 15.0. The lowest BCUT2D eigenvalue weighted by Gasteiger charge is -2.39. The van der Waals surface area contributed by atoms with Crippen LogP contribution in [0.25, 0.3) is 0 Å². The Morgan fingerprint density at radius 2 is 1.74 bits per heavy atom. The first-order valence-electron chi connectivity index (χ1n) is 10.5. The molecule has 0 spiro atoms. The van der Waals surface area contributed by atoms with Crippen molar-refractivity contribution in [3.8, 4) is 0 Å². The third kappa shape index (κ3) is 3.92. The van der Waals surface area contributed by atoms with Crippen molar-refractivity contribution in [1.29, 1.82) is 0 Å². The van der Waals surface area contributed by atoms with Crippen molar-refractivity contribution in [2.75, 3.05) is 5.32 Å². The van der Waals surface area contributed by atoms with Gasteiger partial charge in [0.05, 0.1) is 0 Å². The average Bonchev–Trinajstić information content (AvgIpc) is 2.68. The molecule has 160 valence electrons. The van der Waals surface area contributed by atoms with E-state index in [1.165, 1.54) is 6.07 Å². The van der Waals surface area contributed by atoms with Crippen LogP contribution in [0.2, 0.25) is 0 Å². The van der Waals surface area contributed by atoms with E-state index >= 15 is 0 Å². The number of allylic oxidation sites excluding steroid dienone is 3. The van der Waals surface area contributed by atoms with Gasteiger partial charge in [-0.15, -0.1) is 0 Å². The summed E-state index contributed by atoms with van der Waals surface area (Å²) in [5, 5.41) is 6.27. The number of ketones is 1. The molecule has 5 heteroatoms. The summed E-state index contributed by atoms with van der Waals surface area (Å²) >= 11 is 0. The molecule has 4 nitrogen and oxygen atoms in total. The van der Waals surface area contributed by atoms with E-state index in [0.717, 1.165) is 11.3 Å². The van der Waals surface area contributed by atoms with Gasteiger partial charge in [-0.25, -0.2) is 4.39 Å². The number of para-hydroxylation sites is 1. The monoisotopic (exact) mass is 418 g/mol. The second kappa shape index (κ2) is 7.80. The van der Waals surface area contributed by atoms with Gasteiger partial charge in [0.25, 0.3) is 5.91 Å². The van der Waals surface area contributed by atoms with Crippen molar-refractivity contribution in [1.82, 2.24) is 5.32 Å². The largest absolute Gasteiger partial charge is 0.362 e. The zero-order valence-corrected chi connectivity index (χ0v) is 18.3. The summed E-state index contributed by atoms with van der Waals surface area (Å²) in [7, 11) is 0. The van der Waals surface area contributed by atoms with Crippen LogP contribution in [-0.4, -0.2) is 11.7 Å². The summed E-state index contributed by atoms with van der Waals surface area (Å²) in [5.41, 5.74) is 4.09. The number of carbonyl (C=O) groups is 2. The van der Waals surface area contributed by atoms with Crippen LogP contribution in [0.4, 0.5) is 10.1 Å². The van der Waals surface area contributed by atoms with E-state index in [1.807, 2.05) is 52.0 Å². The molecule has 0 bridgehead atoms. The Bertz CT molecular complexity index is 1140. The molecule has 31 heavy (non-hydrogen) atoms. The molecule has 0 saturated carbocycles. The van der Waals surface area contributed by atoms with Crippen LogP contribution in [0.15, 0.2) is 71.1 Å². The predicted octanol–water partition coefficient (Wildman–Crippen LogP) is 5.38. The molecule has 1 amide bonds. The number of anilines is 1. The second-order valence-electron chi connectivity index (χ2n) is 9.22. The van der Waals surface area contributed by atoms with E-state index in [2.05, 4.69) is 10.6 Å². The smallest absolute Gasteiger partial charge is 0.254 e. The summed E-state index contributed by atoms with van der Waals surface area (Å²) in [6, 6.07) is 13.9. The third-order valence-corrected chi connectivity index (χ3v) is 6.09. The molecule has 0 unspecified atom stereocenters. The fraction of sp³-hybridized carbons (Fsp3) is 0.308. The lowest BCUT2D eigenvalue weighted by molar-refractivity contribution is -0.118. The van der Waals surface area contributed by atoms with Crippen molar-refractivity contribution < 1.29 is 14.0 Å². The first-order valence-corrected chi connectivity index (χ1v) is 10.5. The topological polar surface area (TPSA) is 58.2 Å². The van der Waals surface area contributed by atoms with Gasteiger partial charge in [0.2, 0.25) is 0 Å². The SMILES string of the molecule is CC1=C(C(=O)Nc2ccccc2C)[C@H](c2ccccc2F)C2=C(CC(C)(C)CC2=O)N1. The Balaban J connectivity index is 1.84. The molecule has 1 aliphatic carbocycles. The van der Waals surface area contributed by atoms with Gasteiger partial charge >= 0.3 is 0 Å². The van der Waals surface area contributed by atoms with E-state index in [4.69, 9.17) is 0 Å². The number of hydrogen-bond donors (Lipinski definition) is 2. The van der Waals surface area contributed by atoms with E-state index in [0.29, 0.717) is 40.9 Å². The molecule has 2 aliphatic rings. The predicted molar refractivity (Wildman–Crippen MR) is 120 cm³/mol. The summed E-state index contributed by atoms with van der Waals surface area (Å²) in [5.74, 6) is -1.55. The van der Waals surface area contributed by atoms with E-state index < -0.39 is 11.7 Å². The van der Waals surface area contributed by atoms with Crippen molar-refractivity contribution in [2.24, 2.45) is 5.41 Å². The highest BCUT2D eigenvalue weighted by atomic mass is 19.1. The number of amides is 1. The molecular weight excluding hydrogens is 391 g/mol. The Morgan fingerprint density at radius 3 is 2.45 bits per heavy atom. The van der Waals surface area contributed by atoms with Gasteiger partial charge in [-0.2, -0.15) is 0 Å². The molecule has 2 aromatic rings. The number of rotatable bonds is 3. The minimum atomic E-state index is -0.745. The van der Waals surface area contributed by atoms with Gasteiger partial charge in [0.1, 0.15) is 5.82 Å². The number of Topliss-reactive ketones (excluding diaryl/α,β-unsaturated/α-hetero) is 1. The number of halogens is 1. The number of dihydropyridines is 1. The summed E-state index contributed by atoms with van der Waals surface area (Å²) in [4.78, 5) is 26.7. The first kappa shape index (κ1) is 21.0. The lowest BCUT2D eigenvalue weighted by Crippen LogP contribution is -2.39. The normalized spacial score (nSPS) is 20.3. The number of benzene rings is 2.